The molecule has 0 aromatic heterocycles. The molecule has 3 amide bonds. The van der Waals surface area contributed by atoms with Crippen LogP contribution in [0.2, 0.25) is 0 Å². The predicted octanol–water partition coefficient (Wildman–Crippen LogP) is 5.55. The number of anilines is 2. The average Bonchev–Trinajstić information content (AvgIpc) is 3.27. The van der Waals surface area contributed by atoms with Crippen LogP contribution in [0.15, 0.2) is 36.4 Å². The Morgan fingerprint density at radius 2 is 1.58 bits per heavy atom. The maximum absolute atomic E-state index is 14.2. The summed E-state index contributed by atoms with van der Waals surface area (Å²) in [6, 6.07) is 7.48. The summed E-state index contributed by atoms with van der Waals surface area (Å²) >= 11 is 0. The van der Waals surface area contributed by atoms with Gasteiger partial charge in [0.1, 0.15) is 12.8 Å². The number of rotatable bonds is 7. The van der Waals surface area contributed by atoms with Crippen molar-refractivity contribution in [1.82, 2.24) is 19.6 Å². The zero-order valence-electron chi connectivity index (χ0n) is 29.6. The van der Waals surface area contributed by atoms with Crippen molar-refractivity contribution < 1.29 is 50.3 Å². The molecule has 0 aliphatic carbocycles. The van der Waals surface area contributed by atoms with Crippen molar-refractivity contribution >= 4 is 29.8 Å². The number of likely N-dealkylation sites (N-methyl/N-ethyl adjacent to an activating group) is 1. The maximum atomic E-state index is 14.2. The van der Waals surface area contributed by atoms with E-state index in [0.717, 1.165) is 31.7 Å². The topological polar surface area (TPSA) is 122 Å². The second-order valence-electron chi connectivity index (χ2n) is 14.8. The molecule has 0 radical (unpaired) electrons. The van der Waals surface area contributed by atoms with Gasteiger partial charge in [-0.15, -0.1) is 0 Å². The molecule has 0 bridgehead atoms. The van der Waals surface area contributed by atoms with E-state index in [1.54, 1.807) is 17.0 Å². The third-order valence-corrected chi connectivity index (χ3v) is 12.0. The van der Waals surface area contributed by atoms with Crippen LogP contribution in [0.4, 0.5) is 47.3 Å². The number of urea groups is 1. The molecule has 4 aliphatic heterocycles. The van der Waals surface area contributed by atoms with Gasteiger partial charge in [-0.05, 0) is 50.1 Å². The SMILES string of the molecule is CN1CCN(C2CCN(C3(CC=O)CC(N4CCc5ccccc5NC4=O)CC[N@+]3(Cc3cc(C(F)(F)F)c(N)c(C(F)(F)F)c3)C(=O)O)CC2)CC1. The Kier molecular flexibility index (Phi) is 10.8. The van der Waals surface area contributed by atoms with Gasteiger partial charge in [-0.1, -0.05) is 18.2 Å². The number of nitrogens with two attached hydrogens (primary N) is 1. The highest BCUT2D eigenvalue weighted by Gasteiger charge is 2.64. The van der Waals surface area contributed by atoms with Gasteiger partial charge in [0.2, 0.25) is 0 Å². The number of hydrogen-bond acceptors (Lipinski definition) is 7. The number of carbonyl (C=O) groups excluding carboxylic acids is 2. The zero-order chi connectivity index (χ0) is 38.3. The number of quaternary nitrogens is 1. The standard InChI is InChI=1S/C36H45F6N7O4/c1-45-14-16-46(17-15-45)26-7-11-47(12-8-26)34(10-19-50)22-27(48-13-6-25-4-2-3-5-30(25)44-32(48)51)9-18-49(34,33(52)53)23-24-20-28(35(37,38)39)31(43)29(21-24)36(40,41)42/h2-5,19-21,26-27H,6-18,22-23,43H2,1H3,(H-,44,51,52,53)/p+1/t27?,34?,49-/m0/s1. The molecule has 2 unspecified atom stereocenters. The molecule has 290 valence electrons. The summed E-state index contributed by atoms with van der Waals surface area (Å²) in [7, 11) is 2.05. The van der Waals surface area contributed by atoms with Gasteiger partial charge in [0.25, 0.3) is 0 Å². The van der Waals surface area contributed by atoms with Gasteiger partial charge in [0.15, 0.2) is 5.66 Å². The van der Waals surface area contributed by atoms with Gasteiger partial charge in [-0.25, -0.2) is 9.28 Å². The summed E-state index contributed by atoms with van der Waals surface area (Å²) in [5.74, 6) is 0. The number of nitrogens with one attached hydrogen (secondary N) is 1. The van der Waals surface area contributed by atoms with E-state index in [1.807, 2.05) is 24.1 Å². The summed E-state index contributed by atoms with van der Waals surface area (Å²) < 4.78 is 83.9. The van der Waals surface area contributed by atoms with Gasteiger partial charge in [-0.2, -0.15) is 31.1 Å². The molecule has 53 heavy (non-hydrogen) atoms. The van der Waals surface area contributed by atoms with Crippen molar-refractivity contribution in [1.29, 1.82) is 0 Å². The van der Waals surface area contributed by atoms with Crippen molar-refractivity contribution in [3.8, 4) is 0 Å². The number of likely N-dealkylation sites (tertiary alicyclic amines) is 2. The minimum atomic E-state index is -5.26. The van der Waals surface area contributed by atoms with Crippen molar-refractivity contribution in [2.24, 2.45) is 0 Å². The lowest BCUT2D eigenvalue weighted by molar-refractivity contribution is -0.942. The fraction of sp³-hybridized carbons (Fsp3) is 0.583. The number of piperidine rings is 2. The number of piperazine rings is 1. The molecule has 17 heteroatoms. The molecule has 3 saturated heterocycles. The number of nitrogen functional groups attached to an aromatic ring is 1. The average molecular weight is 755 g/mol. The molecular formula is C36H46F6N7O4+. The molecule has 3 fully saturated rings. The van der Waals surface area contributed by atoms with Gasteiger partial charge in [0, 0.05) is 82.0 Å². The van der Waals surface area contributed by atoms with Crippen LogP contribution in [0.25, 0.3) is 0 Å². The van der Waals surface area contributed by atoms with Gasteiger partial charge < -0.3 is 30.8 Å². The Balaban J connectivity index is 1.42. The van der Waals surface area contributed by atoms with Crippen molar-refractivity contribution in [3.05, 3.63) is 58.7 Å². The number of alkyl halides is 6. The molecular weight excluding hydrogens is 708 g/mol. The fourth-order valence-electron chi connectivity index (χ4n) is 9.14. The smallest absolute Gasteiger partial charge is 0.435 e. The summed E-state index contributed by atoms with van der Waals surface area (Å²) in [5, 5.41) is 14.1. The Bertz CT molecular complexity index is 1660. The second kappa shape index (κ2) is 14.7. The van der Waals surface area contributed by atoms with Crippen molar-refractivity contribution in [3.63, 3.8) is 0 Å². The Labute approximate surface area is 303 Å². The summed E-state index contributed by atoms with van der Waals surface area (Å²) in [5.41, 5.74) is -0.0755. The number of nitrogens with zero attached hydrogens (tertiary/aromatic N) is 5. The highest BCUT2D eigenvalue weighted by Crippen LogP contribution is 2.48. The molecule has 11 nitrogen and oxygen atoms in total. The molecule has 2 aromatic carbocycles. The monoisotopic (exact) mass is 754 g/mol. The van der Waals surface area contributed by atoms with E-state index < -0.39 is 69.6 Å². The van der Waals surface area contributed by atoms with Crippen LogP contribution in [-0.2, 0) is 30.1 Å². The number of halogens is 6. The third kappa shape index (κ3) is 7.44. The molecule has 6 rings (SSSR count). The van der Waals surface area contributed by atoms with Crippen LogP contribution in [-0.4, -0.2) is 125 Å². The maximum Gasteiger partial charge on any atom is 0.515 e. The summed E-state index contributed by atoms with van der Waals surface area (Å²) in [4.78, 5) is 48.4. The van der Waals surface area contributed by atoms with Crippen LogP contribution in [0, 0.1) is 0 Å². The molecule has 4 heterocycles. The van der Waals surface area contributed by atoms with E-state index in [-0.39, 0.29) is 38.4 Å². The quantitative estimate of drug-likeness (QED) is 0.146. The van der Waals surface area contributed by atoms with E-state index >= 15 is 0 Å². The highest BCUT2D eigenvalue weighted by molar-refractivity contribution is 5.91. The Hall–Kier alpha value is -3.93. The second-order valence-corrected chi connectivity index (χ2v) is 14.8. The summed E-state index contributed by atoms with van der Waals surface area (Å²) in [6.45, 7) is 3.39. The van der Waals surface area contributed by atoms with Crippen LogP contribution in [0.5, 0.6) is 0 Å². The summed E-state index contributed by atoms with van der Waals surface area (Å²) in [6.07, 6.45) is -10.1. The fourth-order valence-corrected chi connectivity index (χ4v) is 9.14. The molecule has 2 aromatic rings. The highest BCUT2D eigenvalue weighted by atomic mass is 19.4. The predicted molar refractivity (Wildman–Crippen MR) is 184 cm³/mol. The number of carbonyl (C=O) groups is 3. The van der Waals surface area contributed by atoms with Crippen LogP contribution in [0.1, 0.15) is 54.4 Å². The van der Waals surface area contributed by atoms with Crippen molar-refractivity contribution in [2.75, 3.05) is 70.5 Å². The minimum Gasteiger partial charge on any atom is -0.435 e. The van der Waals surface area contributed by atoms with Gasteiger partial charge >= 0.3 is 24.5 Å². The number of carboxylic acid groups (broad SMARTS) is 1. The minimum absolute atomic E-state index is 0.0474. The van der Waals surface area contributed by atoms with Crippen molar-refractivity contribution in [2.45, 2.75) is 75.2 Å². The van der Waals surface area contributed by atoms with Gasteiger partial charge in [-0.3, -0.25) is 9.80 Å². The van der Waals surface area contributed by atoms with Gasteiger partial charge in [0.05, 0.1) is 29.8 Å². The Morgan fingerprint density at radius 1 is 0.962 bits per heavy atom. The number of hydrogen-bond donors (Lipinski definition) is 3. The third-order valence-electron chi connectivity index (χ3n) is 12.0. The molecule has 4 aliphatic rings. The first-order valence-electron chi connectivity index (χ1n) is 17.9. The van der Waals surface area contributed by atoms with Crippen LogP contribution in [0.3, 0.4) is 0 Å². The molecule has 3 atom stereocenters. The van der Waals surface area contributed by atoms with E-state index in [0.29, 0.717) is 56.5 Å². The van der Waals surface area contributed by atoms with E-state index in [4.69, 9.17) is 5.73 Å². The number of fused-ring (bicyclic) bond motifs is 1. The lowest BCUT2D eigenvalue weighted by Crippen LogP contribution is -2.78. The Morgan fingerprint density at radius 3 is 2.17 bits per heavy atom. The lowest BCUT2D eigenvalue weighted by Gasteiger charge is -2.59. The first-order valence-corrected chi connectivity index (χ1v) is 17.9. The largest absolute Gasteiger partial charge is 0.515 e. The molecule has 0 spiro atoms. The van der Waals surface area contributed by atoms with E-state index in [9.17, 15) is 45.8 Å². The van der Waals surface area contributed by atoms with E-state index in [1.165, 1.54) is 0 Å². The first kappa shape index (κ1) is 38.8. The number of para-hydroxylation sites is 1. The van der Waals surface area contributed by atoms with Crippen LogP contribution >= 0.6 is 0 Å². The normalized spacial score (nSPS) is 27.2. The van der Waals surface area contributed by atoms with Crippen LogP contribution < -0.4 is 11.1 Å². The lowest BCUT2D eigenvalue weighted by atomic mass is 9.81. The first-order chi connectivity index (χ1) is 25.0. The number of benzene rings is 2. The number of aldehydes is 1. The zero-order valence-corrected chi connectivity index (χ0v) is 29.6. The number of amides is 3. The molecule has 4 N–H and O–H groups in total. The van der Waals surface area contributed by atoms with E-state index in [2.05, 4.69) is 15.1 Å². The molecule has 0 saturated carbocycles.